The molecule has 2 fully saturated rings. The maximum Gasteiger partial charge on any atom is 0.312 e. The molecule has 0 radical (unpaired) electrons. The Kier molecular flexibility index (Phi) is 2.87. The van der Waals surface area contributed by atoms with E-state index in [0.29, 0.717) is 13.2 Å². The van der Waals surface area contributed by atoms with Crippen LogP contribution in [-0.4, -0.2) is 36.7 Å². The molecule has 0 aromatic heterocycles. The number of hydrogen-bond donors (Lipinski definition) is 0. The quantitative estimate of drug-likeness (QED) is 0.627. The van der Waals surface area contributed by atoms with E-state index in [-0.39, 0.29) is 18.0 Å². The molecular weight excluding hydrogens is 282 g/mol. The van der Waals surface area contributed by atoms with Crippen molar-refractivity contribution < 1.29 is 19.1 Å². The summed E-state index contributed by atoms with van der Waals surface area (Å²) in [5.74, 6) is -1.42. The summed E-state index contributed by atoms with van der Waals surface area (Å²) in [4.78, 5) is 26.9. The molecule has 3 heterocycles. The smallest absolute Gasteiger partial charge is 0.312 e. The molecule has 0 saturated carbocycles. The summed E-state index contributed by atoms with van der Waals surface area (Å²) in [5.41, 5.74) is 0.147. The van der Waals surface area contributed by atoms with Gasteiger partial charge in [0.2, 0.25) is 5.91 Å². The molecular formula is C17H17NO4. The number of fused-ring (bicyclic) bond motifs is 1. The monoisotopic (exact) mass is 299 g/mol. The maximum absolute atomic E-state index is 12.9. The topological polar surface area (TPSA) is 55.8 Å². The van der Waals surface area contributed by atoms with Crippen LogP contribution < -0.4 is 4.90 Å². The molecule has 2 bridgehead atoms. The molecule has 1 spiro atoms. The third-order valence-corrected chi connectivity index (χ3v) is 4.73. The number of rotatable bonds is 3. The highest BCUT2D eigenvalue weighted by Gasteiger charge is 2.67. The number of esters is 1. The van der Waals surface area contributed by atoms with E-state index in [1.807, 2.05) is 42.5 Å². The van der Waals surface area contributed by atoms with E-state index in [0.717, 1.165) is 5.69 Å². The molecule has 5 heteroatoms. The molecule has 4 rings (SSSR count). The Morgan fingerprint density at radius 2 is 2.18 bits per heavy atom. The minimum atomic E-state index is -0.685. The number of anilines is 1. The lowest BCUT2D eigenvalue weighted by Crippen LogP contribution is -2.40. The first-order chi connectivity index (χ1) is 10.7. The third kappa shape index (κ3) is 1.69. The standard InChI is InChI=1S/C17H17NO4/c1-2-21-16(20)13-12-8-9-17(22-12)10-18(15(19)14(13)17)11-6-4-3-5-7-11/h3-9,12-14H,2,10H2,1H3/t12-,13+,14-,17+/m1/s1. The summed E-state index contributed by atoms with van der Waals surface area (Å²) in [6.45, 7) is 2.52. The van der Waals surface area contributed by atoms with Crippen LogP contribution in [0.5, 0.6) is 0 Å². The molecule has 1 aromatic carbocycles. The van der Waals surface area contributed by atoms with Crippen molar-refractivity contribution in [3.05, 3.63) is 42.5 Å². The van der Waals surface area contributed by atoms with E-state index >= 15 is 0 Å². The fourth-order valence-electron chi connectivity index (χ4n) is 3.83. The minimum absolute atomic E-state index is 0.0592. The average Bonchev–Trinajstić information content (AvgIpc) is 3.17. The van der Waals surface area contributed by atoms with Gasteiger partial charge in [-0.25, -0.2) is 0 Å². The third-order valence-electron chi connectivity index (χ3n) is 4.73. The highest BCUT2D eigenvalue weighted by atomic mass is 16.6. The number of carbonyl (C=O) groups is 2. The number of ether oxygens (including phenoxy) is 2. The second kappa shape index (κ2) is 4.68. The second-order valence-electron chi connectivity index (χ2n) is 5.91. The normalized spacial score (nSPS) is 35.0. The van der Waals surface area contributed by atoms with Crippen LogP contribution in [0.15, 0.2) is 42.5 Å². The fourth-order valence-corrected chi connectivity index (χ4v) is 3.83. The molecule has 114 valence electrons. The van der Waals surface area contributed by atoms with Gasteiger partial charge in [-0.2, -0.15) is 0 Å². The van der Waals surface area contributed by atoms with Gasteiger partial charge in [0.25, 0.3) is 0 Å². The van der Waals surface area contributed by atoms with Gasteiger partial charge in [-0.15, -0.1) is 0 Å². The molecule has 5 nitrogen and oxygen atoms in total. The van der Waals surface area contributed by atoms with Crippen molar-refractivity contribution >= 4 is 17.6 Å². The zero-order valence-electron chi connectivity index (χ0n) is 12.3. The molecule has 3 aliphatic heterocycles. The summed E-state index contributed by atoms with van der Waals surface area (Å²) in [6.07, 6.45) is 3.49. The zero-order valence-corrected chi connectivity index (χ0v) is 12.3. The van der Waals surface area contributed by atoms with E-state index in [9.17, 15) is 9.59 Å². The van der Waals surface area contributed by atoms with Crippen molar-refractivity contribution in [1.82, 2.24) is 0 Å². The van der Waals surface area contributed by atoms with Crippen molar-refractivity contribution in [2.45, 2.75) is 18.6 Å². The van der Waals surface area contributed by atoms with Crippen molar-refractivity contribution in [3.8, 4) is 0 Å². The molecule has 4 atom stereocenters. The summed E-state index contributed by atoms with van der Waals surface area (Å²) in [6, 6.07) is 9.49. The van der Waals surface area contributed by atoms with Crippen LogP contribution in [0.3, 0.4) is 0 Å². The molecule has 0 aliphatic carbocycles. The van der Waals surface area contributed by atoms with E-state index < -0.39 is 17.4 Å². The van der Waals surface area contributed by atoms with Gasteiger partial charge in [0.15, 0.2) is 0 Å². The van der Waals surface area contributed by atoms with Gasteiger partial charge in [0.05, 0.1) is 25.2 Å². The summed E-state index contributed by atoms with van der Waals surface area (Å²) < 4.78 is 11.2. The Hall–Kier alpha value is -2.14. The Morgan fingerprint density at radius 3 is 2.91 bits per heavy atom. The SMILES string of the molecule is CCOC(=O)[C@H]1[C@H]2C=C[C@@]3(CN(c4ccccc4)C(=O)[C@@H]13)O2. The number of hydrogen-bond acceptors (Lipinski definition) is 4. The first-order valence-electron chi connectivity index (χ1n) is 7.56. The lowest BCUT2D eigenvalue weighted by Gasteiger charge is -2.22. The number of para-hydroxylation sites is 1. The van der Waals surface area contributed by atoms with E-state index in [2.05, 4.69) is 0 Å². The van der Waals surface area contributed by atoms with Crippen LogP contribution in [0, 0.1) is 11.8 Å². The first-order valence-corrected chi connectivity index (χ1v) is 7.56. The fraction of sp³-hybridized carbons (Fsp3) is 0.412. The van der Waals surface area contributed by atoms with Crippen molar-refractivity contribution in [2.24, 2.45) is 11.8 Å². The summed E-state index contributed by atoms with van der Waals surface area (Å²) >= 11 is 0. The molecule has 0 N–H and O–H groups in total. The van der Waals surface area contributed by atoms with Crippen LogP contribution in [0.2, 0.25) is 0 Å². The number of amides is 1. The van der Waals surface area contributed by atoms with Gasteiger partial charge < -0.3 is 14.4 Å². The van der Waals surface area contributed by atoms with Gasteiger partial charge in [0.1, 0.15) is 11.5 Å². The van der Waals surface area contributed by atoms with E-state index in [1.54, 1.807) is 11.8 Å². The van der Waals surface area contributed by atoms with Gasteiger partial charge in [0, 0.05) is 5.69 Å². The van der Waals surface area contributed by atoms with Crippen LogP contribution in [0.1, 0.15) is 6.92 Å². The van der Waals surface area contributed by atoms with Crippen LogP contribution >= 0.6 is 0 Å². The van der Waals surface area contributed by atoms with Crippen molar-refractivity contribution in [2.75, 3.05) is 18.1 Å². The highest BCUT2D eigenvalue weighted by Crippen LogP contribution is 2.52. The average molecular weight is 299 g/mol. The van der Waals surface area contributed by atoms with Gasteiger partial charge in [-0.05, 0) is 19.1 Å². The second-order valence-corrected chi connectivity index (χ2v) is 5.91. The van der Waals surface area contributed by atoms with Gasteiger partial charge >= 0.3 is 5.97 Å². The van der Waals surface area contributed by atoms with Gasteiger partial charge in [-0.3, -0.25) is 9.59 Å². The lowest BCUT2D eigenvalue weighted by molar-refractivity contribution is -0.151. The Bertz CT molecular complexity index is 656. The number of benzene rings is 1. The van der Waals surface area contributed by atoms with E-state index in [1.165, 1.54) is 0 Å². The molecule has 3 aliphatic rings. The highest BCUT2D eigenvalue weighted by molar-refractivity contribution is 6.02. The zero-order chi connectivity index (χ0) is 15.3. The predicted octanol–water partition coefficient (Wildman–Crippen LogP) is 1.54. The predicted molar refractivity (Wildman–Crippen MR) is 79.2 cm³/mol. The molecule has 2 saturated heterocycles. The molecule has 1 aromatic rings. The van der Waals surface area contributed by atoms with E-state index in [4.69, 9.17) is 9.47 Å². The van der Waals surface area contributed by atoms with Gasteiger partial charge in [-0.1, -0.05) is 30.4 Å². The van der Waals surface area contributed by atoms with Crippen molar-refractivity contribution in [1.29, 1.82) is 0 Å². The minimum Gasteiger partial charge on any atom is -0.466 e. The number of nitrogens with zero attached hydrogens (tertiary/aromatic N) is 1. The Morgan fingerprint density at radius 1 is 1.41 bits per heavy atom. The molecule has 1 amide bonds. The van der Waals surface area contributed by atoms with Crippen molar-refractivity contribution in [3.63, 3.8) is 0 Å². The largest absolute Gasteiger partial charge is 0.466 e. The lowest BCUT2D eigenvalue weighted by atomic mass is 9.77. The Balaban J connectivity index is 1.69. The molecule has 0 unspecified atom stereocenters. The number of carbonyl (C=O) groups excluding carboxylic acids is 2. The first kappa shape index (κ1) is 13.5. The Labute approximate surface area is 128 Å². The van der Waals surface area contributed by atoms with Crippen LogP contribution in [0.25, 0.3) is 0 Å². The maximum atomic E-state index is 12.9. The summed E-state index contributed by atoms with van der Waals surface area (Å²) in [7, 11) is 0. The van der Waals surface area contributed by atoms with Crippen LogP contribution in [0.4, 0.5) is 5.69 Å². The van der Waals surface area contributed by atoms with Crippen LogP contribution in [-0.2, 0) is 19.1 Å². The molecule has 22 heavy (non-hydrogen) atoms. The summed E-state index contributed by atoms with van der Waals surface area (Å²) in [5, 5.41) is 0.